The first-order valence-electron chi connectivity index (χ1n) is 8.61. The zero-order valence-electron chi connectivity index (χ0n) is 16.2. The average molecular weight is 460 g/mol. The van der Waals surface area contributed by atoms with Crippen LogP contribution >= 0.6 is 0 Å². The molecule has 1 aliphatic carbocycles. The van der Waals surface area contributed by atoms with E-state index in [1.807, 2.05) is 0 Å². The number of benzene rings is 2. The van der Waals surface area contributed by atoms with Gasteiger partial charge in [0.1, 0.15) is 5.57 Å². The molecular formula is C22H12CaO9. The van der Waals surface area contributed by atoms with Gasteiger partial charge in [-0.1, -0.05) is 41.8 Å². The Kier molecular flexibility index (Phi) is 7.63. The Hall–Kier alpha value is -3.40. The van der Waals surface area contributed by atoms with E-state index in [4.69, 9.17) is 0 Å². The fraction of sp³-hybridized carbons (Fsp3) is 0. The molecule has 0 heterocycles. The summed E-state index contributed by atoms with van der Waals surface area (Å²) >= 11 is 0. The Balaban J connectivity index is 0.00000363. The van der Waals surface area contributed by atoms with Crippen molar-refractivity contribution in [2.24, 2.45) is 0 Å². The number of carboxylic acids is 3. The molecule has 0 atom stereocenters. The summed E-state index contributed by atoms with van der Waals surface area (Å²) in [5, 5.41) is 51.5. The molecule has 1 aliphatic rings. The summed E-state index contributed by atoms with van der Waals surface area (Å²) < 4.78 is 0. The van der Waals surface area contributed by atoms with Crippen LogP contribution in [0, 0.1) is 0 Å². The number of hydrogen-bond acceptors (Lipinski definition) is 6. The zero-order chi connectivity index (χ0) is 22.9. The van der Waals surface area contributed by atoms with E-state index in [-0.39, 0.29) is 60.0 Å². The minimum atomic E-state index is -1.49. The number of allylic oxidation sites excluding steroid dienone is 4. The smallest absolute Gasteiger partial charge is 0.872 e. The van der Waals surface area contributed by atoms with Crippen LogP contribution in [-0.4, -0.2) is 76.7 Å². The zero-order valence-corrected chi connectivity index (χ0v) is 18.4. The summed E-state index contributed by atoms with van der Waals surface area (Å²) in [5.74, 6) is -6.77. The van der Waals surface area contributed by atoms with E-state index in [0.717, 1.165) is 36.4 Å². The van der Waals surface area contributed by atoms with Crippen molar-refractivity contribution in [2.75, 3.05) is 0 Å². The van der Waals surface area contributed by atoms with E-state index in [9.17, 15) is 44.7 Å². The maximum atomic E-state index is 11.9. The fourth-order valence-corrected chi connectivity index (χ4v) is 3.06. The molecule has 32 heavy (non-hydrogen) atoms. The van der Waals surface area contributed by atoms with Gasteiger partial charge in [0, 0.05) is 0 Å². The molecule has 3 N–H and O–H groups in total. The molecule has 10 heteroatoms. The Morgan fingerprint density at radius 1 is 0.719 bits per heavy atom. The number of carbonyl (C=O) groups is 4. The average Bonchev–Trinajstić information content (AvgIpc) is 2.71. The second kappa shape index (κ2) is 9.82. The molecule has 0 bridgehead atoms. The minimum Gasteiger partial charge on any atom is -0.872 e. The number of aliphatic carboxylic acids is 1. The second-order valence-corrected chi connectivity index (χ2v) is 6.42. The largest absolute Gasteiger partial charge is 2.00 e. The molecule has 156 valence electrons. The van der Waals surface area contributed by atoms with Crippen LogP contribution in [0.25, 0.3) is 5.57 Å². The van der Waals surface area contributed by atoms with Crippen LogP contribution in [0.2, 0.25) is 0 Å². The SMILES string of the molecule is O=C(O)C1=CC(=C(c2ccc([O-])c(C(=O)O)c2)c2ccc([O-])c(C(=O)O)c2)C=CC1=O.[Ca+2]. The molecule has 0 amide bonds. The van der Waals surface area contributed by atoms with Gasteiger partial charge in [0.05, 0.1) is 11.1 Å². The predicted molar refractivity (Wildman–Crippen MR) is 107 cm³/mol. The standard InChI is InChI=1S/C22H14O9.Ca/c23-16-4-1-10(7-13(16)20(26)27)19(11-2-5-17(24)14(8-11)21(28)29)12-3-6-18(25)15(9-12)22(30)31;/h1-9,23-24H,(H,26,27)(H,28,29)(H,30,31);/q;+2/p-2. The van der Waals surface area contributed by atoms with Crippen molar-refractivity contribution in [1.82, 2.24) is 0 Å². The van der Waals surface area contributed by atoms with Gasteiger partial charge in [-0.2, -0.15) is 0 Å². The number of rotatable bonds is 5. The third-order valence-corrected chi connectivity index (χ3v) is 4.50. The van der Waals surface area contributed by atoms with Crippen molar-refractivity contribution in [3.8, 4) is 11.5 Å². The van der Waals surface area contributed by atoms with E-state index in [0.29, 0.717) is 0 Å². The molecule has 0 aromatic heterocycles. The van der Waals surface area contributed by atoms with Gasteiger partial charge in [-0.25, -0.2) is 14.4 Å². The number of hydrogen-bond donors (Lipinski definition) is 3. The van der Waals surface area contributed by atoms with Gasteiger partial charge >= 0.3 is 55.6 Å². The van der Waals surface area contributed by atoms with Gasteiger partial charge in [-0.05, 0) is 46.6 Å². The van der Waals surface area contributed by atoms with Crippen LogP contribution in [0.1, 0.15) is 31.8 Å². The van der Waals surface area contributed by atoms with Crippen LogP contribution < -0.4 is 10.2 Å². The monoisotopic (exact) mass is 460 g/mol. The summed E-state index contributed by atoms with van der Waals surface area (Å²) in [6.45, 7) is 0. The maximum Gasteiger partial charge on any atom is 2.00 e. The van der Waals surface area contributed by atoms with Crippen LogP contribution in [0.3, 0.4) is 0 Å². The van der Waals surface area contributed by atoms with E-state index >= 15 is 0 Å². The van der Waals surface area contributed by atoms with E-state index in [2.05, 4.69) is 0 Å². The summed E-state index contributed by atoms with van der Waals surface area (Å²) in [5.41, 5.74) is -1.13. The van der Waals surface area contributed by atoms with Gasteiger partial charge in [-0.15, -0.1) is 0 Å². The van der Waals surface area contributed by atoms with Gasteiger partial charge < -0.3 is 25.5 Å². The molecule has 0 radical (unpaired) electrons. The van der Waals surface area contributed by atoms with Gasteiger partial charge in [-0.3, -0.25) is 4.79 Å². The molecule has 0 unspecified atom stereocenters. The first kappa shape index (κ1) is 24.9. The second-order valence-electron chi connectivity index (χ2n) is 6.42. The van der Waals surface area contributed by atoms with Gasteiger partial charge in [0.25, 0.3) is 0 Å². The molecule has 9 nitrogen and oxygen atoms in total. The van der Waals surface area contributed by atoms with Crippen molar-refractivity contribution >= 4 is 67.0 Å². The summed E-state index contributed by atoms with van der Waals surface area (Å²) in [4.78, 5) is 46.1. The molecule has 0 fully saturated rings. The number of aromatic carboxylic acids is 2. The topological polar surface area (TPSA) is 175 Å². The molecule has 0 saturated carbocycles. The summed E-state index contributed by atoms with van der Waals surface area (Å²) in [6.07, 6.45) is 3.33. The van der Waals surface area contributed by atoms with Gasteiger partial charge in [0.2, 0.25) is 0 Å². The Morgan fingerprint density at radius 2 is 1.19 bits per heavy atom. The third-order valence-electron chi connectivity index (χ3n) is 4.50. The minimum absolute atomic E-state index is 0. The van der Waals surface area contributed by atoms with Crippen LogP contribution in [0.4, 0.5) is 0 Å². The third kappa shape index (κ3) is 4.91. The van der Waals surface area contributed by atoms with E-state index in [1.54, 1.807) is 0 Å². The summed E-state index contributed by atoms with van der Waals surface area (Å²) in [6, 6.07) is 6.66. The summed E-state index contributed by atoms with van der Waals surface area (Å²) in [7, 11) is 0. The van der Waals surface area contributed by atoms with Crippen molar-refractivity contribution in [3.63, 3.8) is 0 Å². The fourth-order valence-electron chi connectivity index (χ4n) is 3.06. The first-order chi connectivity index (χ1) is 14.6. The van der Waals surface area contributed by atoms with Crippen LogP contribution in [0.15, 0.2) is 65.8 Å². The molecule has 0 saturated heterocycles. The predicted octanol–water partition coefficient (Wildman–Crippen LogP) is 0.801. The molecule has 0 spiro atoms. The number of carbonyl (C=O) groups excluding carboxylic acids is 1. The number of carboxylic acid groups (broad SMARTS) is 3. The van der Waals surface area contributed by atoms with Crippen LogP contribution in [0.5, 0.6) is 11.5 Å². The number of ketones is 1. The van der Waals surface area contributed by atoms with Crippen LogP contribution in [-0.2, 0) is 9.59 Å². The Morgan fingerprint density at radius 3 is 1.59 bits per heavy atom. The van der Waals surface area contributed by atoms with Crippen molar-refractivity contribution in [3.05, 3.63) is 88.0 Å². The molecule has 2 aromatic rings. The molecule has 3 rings (SSSR count). The van der Waals surface area contributed by atoms with E-state index in [1.165, 1.54) is 18.2 Å². The Bertz CT molecular complexity index is 1190. The van der Waals surface area contributed by atoms with E-state index < -0.39 is 51.9 Å². The van der Waals surface area contributed by atoms with Gasteiger partial charge in [0.15, 0.2) is 5.78 Å². The molecule has 2 aromatic carbocycles. The molecule has 0 aliphatic heterocycles. The molecular weight excluding hydrogens is 448 g/mol. The van der Waals surface area contributed by atoms with Crippen molar-refractivity contribution in [1.29, 1.82) is 0 Å². The first-order valence-corrected chi connectivity index (χ1v) is 8.61. The van der Waals surface area contributed by atoms with Crippen molar-refractivity contribution in [2.45, 2.75) is 0 Å². The normalized spacial score (nSPS) is 12.6. The Labute approximate surface area is 210 Å². The quantitative estimate of drug-likeness (QED) is 0.430. The maximum absolute atomic E-state index is 11.9. The van der Waals surface area contributed by atoms with Crippen molar-refractivity contribution < 1.29 is 44.7 Å².